The van der Waals surface area contributed by atoms with Gasteiger partial charge >= 0.3 is 5.97 Å². The van der Waals surface area contributed by atoms with Crippen LogP contribution in [0.25, 0.3) is 0 Å². The molecule has 0 aliphatic carbocycles. The average Bonchev–Trinajstić information content (AvgIpc) is 2.80. The highest BCUT2D eigenvalue weighted by Gasteiger charge is 2.10. The van der Waals surface area contributed by atoms with Gasteiger partial charge in [-0.1, -0.05) is 29.3 Å². The third-order valence-corrected chi connectivity index (χ3v) is 2.97. The minimum Gasteiger partial charge on any atom is -0.464 e. The van der Waals surface area contributed by atoms with E-state index in [-0.39, 0.29) is 5.69 Å². The van der Waals surface area contributed by atoms with E-state index < -0.39 is 5.97 Å². The van der Waals surface area contributed by atoms with Gasteiger partial charge in [0.2, 0.25) is 0 Å². The predicted molar refractivity (Wildman–Crippen MR) is 69.1 cm³/mol. The predicted octanol–water partition coefficient (Wildman–Crippen LogP) is 3.02. The summed E-state index contributed by atoms with van der Waals surface area (Å²) >= 11 is 11.9. The van der Waals surface area contributed by atoms with Crippen molar-refractivity contribution in [2.75, 3.05) is 7.11 Å². The lowest BCUT2D eigenvalue weighted by molar-refractivity contribution is 0.0593. The molecule has 18 heavy (non-hydrogen) atoms. The van der Waals surface area contributed by atoms with Crippen LogP contribution < -0.4 is 0 Å². The Bertz CT molecular complexity index is 581. The first kappa shape index (κ1) is 12.9. The van der Waals surface area contributed by atoms with Gasteiger partial charge in [-0.25, -0.2) is 4.79 Å². The standard InChI is InChI=1S/C12H10Cl2N2O2/c1-18-12(17)11-4-5-16(15-11)7-8-2-3-9(13)6-10(8)14/h2-6H,7H2,1H3. The van der Waals surface area contributed by atoms with Crippen LogP contribution in [0, 0.1) is 0 Å². The second kappa shape index (κ2) is 5.42. The molecule has 1 heterocycles. The first-order chi connectivity index (χ1) is 8.60. The molecule has 0 bridgehead atoms. The van der Waals surface area contributed by atoms with Gasteiger partial charge in [-0.2, -0.15) is 5.10 Å². The first-order valence-corrected chi connectivity index (χ1v) is 5.91. The second-order valence-electron chi connectivity index (χ2n) is 3.63. The number of halogens is 2. The van der Waals surface area contributed by atoms with Crippen LogP contribution in [0.3, 0.4) is 0 Å². The number of hydrogen-bond donors (Lipinski definition) is 0. The number of nitrogens with zero attached hydrogens (tertiary/aromatic N) is 2. The van der Waals surface area contributed by atoms with Crippen molar-refractivity contribution >= 4 is 29.2 Å². The number of ether oxygens (including phenoxy) is 1. The number of esters is 1. The van der Waals surface area contributed by atoms with E-state index in [9.17, 15) is 4.79 Å². The van der Waals surface area contributed by atoms with Gasteiger partial charge in [-0.15, -0.1) is 0 Å². The minimum atomic E-state index is -0.462. The number of carbonyl (C=O) groups excluding carboxylic acids is 1. The maximum Gasteiger partial charge on any atom is 0.358 e. The monoisotopic (exact) mass is 284 g/mol. The molecule has 0 aliphatic rings. The van der Waals surface area contributed by atoms with Crippen molar-refractivity contribution in [3.05, 3.63) is 51.8 Å². The Morgan fingerprint density at radius 2 is 2.17 bits per heavy atom. The highest BCUT2D eigenvalue weighted by atomic mass is 35.5. The molecule has 1 aromatic carbocycles. The van der Waals surface area contributed by atoms with Crippen LogP contribution in [0.4, 0.5) is 0 Å². The summed E-state index contributed by atoms with van der Waals surface area (Å²) in [4.78, 5) is 11.2. The summed E-state index contributed by atoms with van der Waals surface area (Å²) < 4.78 is 6.19. The molecule has 0 amide bonds. The second-order valence-corrected chi connectivity index (χ2v) is 4.47. The molecule has 2 aromatic rings. The summed E-state index contributed by atoms with van der Waals surface area (Å²) in [6.07, 6.45) is 1.69. The topological polar surface area (TPSA) is 44.1 Å². The van der Waals surface area contributed by atoms with E-state index in [2.05, 4.69) is 9.84 Å². The van der Waals surface area contributed by atoms with Crippen molar-refractivity contribution in [1.29, 1.82) is 0 Å². The Labute approximate surface area is 114 Å². The number of aromatic nitrogens is 2. The number of carbonyl (C=O) groups is 1. The molecule has 0 N–H and O–H groups in total. The molecule has 0 radical (unpaired) electrons. The average molecular weight is 285 g/mol. The van der Waals surface area contributed by atoms with E-state index in [0.717, 1.165) is 5.56 Å². The SMILES string of the molecule is COC(=O)c1ccn(Cc2ccc(Cl)cc2Cl)n1. The highest BCUT2D eigenvalue weighted by Crippen LogP contribution is 2.21. The number of hydrogen-bond acceptors (Lipinski definition) is 3. The number of benzene rings is 1. The zero-order chi connectivity index (χ0) is 13.1. The van der Waals surface area contributed by atoms with Crippen LogP contribution in [0.5, 0.6) is 0 Å². The largest absolute Gasteiger partial charge is 0.464 e. The summed E-state index contributed by atoms with van der Waals surface area (Å²) in [6, 6.07) is 6.84. The molecular formula is C12H10Cl2N2O2. The summed E-state index contributed by atoms with van der Waals surface area (Å²) in [6.45, 7) is 0.465. The van der Waals surface area contributed by atoms with Gasteiger partial charge in [0.1, 0.15) is 0 Å². The molecule has 94 valence electrons. The number of methoxy groups -OCH3 is 1. The van der Waals surface area contributed by atoms with Crippen molar-refractivity contribution < 1.29 is 9.53 Å². The Morgan fingerprint density at radius 1 is 1.39 bits per heavy atom. The van der Waals surface area contributed by atoms with E-state index in [1.807, 2.05) is 6.07 Å². The Balaban J connectivity index is 2.18. The lowest BCUT2D eigenvalue weighted by Gasteiger charge is -2.04. The van der Waals surface area contributed by atoms with Gasteiger partial charge in [-0.3, -0.25) is 4.68 Å². The van der Waals surface area contributed by atoms with Crippen LogP contribution in [-0.2, 0) is 11.3 Å². The van der Waals surface area contributed by atoms with Gasteiger partial charge in [-0.05, 0) is 23.8 Å². The fraction of sp³-hybridized carbons (Fsp3) is 0.167. The van der Waals surface area contributed by atoms with Crippen molar-refractivity contribution in [1.82, 2.24) is 9.78 Å². The lowest BCUT2D eigenvalue weighted by atomic mass is 10.2. The lowest BCUT2D eigenvalue weighted by Crippen LogP contribution is -2.06. The zero-order valence-corrected chi connectivity index (χ0v) is 11.1. The maximum atomic E-state index is 11.2. The van der Waals surface area contributed by atoms with E-state index in [1.54, 1.807) is 29.1 Å². The maximum absolute atomic E-state index is 11.2. The third-order valence-electron chi connectivity index (χ3n) is 2.38. The Kier molecular flexibility index (Phi) is 3.89. The van der Waals surface area contributed by atoms with Crippen LogP contribution >= 0.6 is 23.2 Å². The molecule has 2 rings (SSSR count). The van der Waals surface area contributed by atoms with Crippen LogP contribution in [0.1, 0.15) is 16.1 Å². The minimum absolute atomic E-state index is 0.266. The Morgan fingerprint density at radius 3 is 2.83 bits per heavy atom. The van der Waals surface area contributed by atoms with E-state index in [1.165, 1.54) is 7.11 Å². The molecule has 0 saturated carbocycles. The fourth-order valence-electron chi connectivity index (χ4n) is 1.49. The molecule has 6 heteroatoms. The van der Waals surface area contributed by atoms with Crippen molar-refractivity contribution in [2.24, 2.45) is 0 Å². The van der Waals surface area contributed by atoms with Crippen LogP contribution in [0.2, 0.25) is 10.0 Å². The smallest absolute Gasteiger partial charge is 0.358 e. The summed E-state index contributed by atoms with van der Waals surface area (Å²) in [5.41, 5.74) is 1.14. The van der Waals surface area contributed by atoms with Gasteiger partial charge in [0.15, 0.2) is 5.69 Å². The molecule has 0 atom stereocenters. The van der Waals surface area contributed by atoms with Crippen LogP contribution in [0.15, 0.2) is 30.5 Å². The number of rotatable bonds is 3. The van der Waals surface area contributed by atoms with Crippen molar-refractivity contribution in [2.45, 2.75) is 6.54 Å². The summed E-state index contributed by atoms with van der Waals surface area (Å²) in [7, 11) is 1.32. The fourth-order valence-corrected chi connectivity index (χ4v) is 1.96. The third kappa shape index (κ3) is 2.83. The van der Waals surface area contributed by atoms with E-state index >= 15 is 0 Å². The van der Waals surface area contributed by atoms with E-state index in [0.29, 0.717) is 16.6 Å². The molecule has 0 saturated heterocycles. The van der Waals surface area contributed by atoms with Gasteiger partial charge in [0.25, 0.3) is 0 Å². The molecule has 0 spiro atoms. The summed E-state index contributed by atoms with van der Waals surface area (Å²) in [5, 5.41) is 5.24. The van der Waals surface area contributed by atoms with E-state index in [4.69, 9.17) is 23.2 Å². The van der Waals surface area contributed by atoms with Crippen LogP contribution in [-0.4, -0.2) is 22.9 Å². The first-order valence-electron chi connectivity index (χ1n) is 5.16. The highest BCUT2D eigenvalue weighted by molar-refractivity contribution is 6.35. The molecule has 0 fully saturated rings. The molecular weight excluding hydrogens is 275 g/mol. The summed E-state index contributed by atoms with van der Waals surface area (Å²) in [5.74, 6) is -0.462. The zero-order valence-electron chi connectivity index (χ0n) is 9.56. The normalized spacial score (nSPS) is 10.4. The van der Waals surface area contributed by atoms with Crippen molar-refractivity contribution in [3.8, 4) is 0 Å². The molecule has 0 aliphatic heterocycles. The van der Waals surface area contributed by atoms with Crippen molar-refractivity contribution in [3.63, 3.8) is 0 Å². The van der Waals surface area contributed by atoms with Gasteiger partial charge < -0.3 is 4.74 Å². The molecule has 4 nitrogen and oxygen atoms in total. The Hall–Kier alpha value is -1.52. The molecule has 1 aromatic heterocycles. The van der Waals surface area contributed by atoms with Gasteiger partial charge in [0, 0.05) is 16.2 Å². The quantitative estimate of drug-likeness (QED) is 0.814. The van der Waals surface area contributed by atoms with Gasteiger partial charge in [0.05, 0.1) is 13.7 Å². The molecule has 0 unspecified atom stereocenters.